The minimum Gasteiger partial charge on any atom is -0.494 e. The summed E-state index contributed by atoms with van der Waals surface area (Å²) in [6, 6.07) is 14.6. The van der Waals surface area contributed by atoms with Gasteiger partial charge in [-0.2, -0.15) is 18.2 Å². The highest BCUT2D eigenvalue weighted by molar-refractivity contribution is 5.64. The van der Waals surface area contributed by atoms with Crippen LogP contribution in [0.3, 0.4) is 0 Å². The lowest BCUT2D eigenvalue weighted by atomic mass is 9.99. The average Bonchev–Trinajstić information content (AvgIpc) is 2.81. The van der Waals surface area contributed by atoms with Crippen molar-refractivity contribution in [1.29, 1.82) is 0 Å². The quantitative estimate of drug-likeness (QED) is 0.276. The summed E-state index contributed by atoms with van der Waals surface area (Å²) in [5.41, 5.74) is 1.39. The van der Waals surface area contributed by atoms with E-state index in [9.17, 15) is 13.2 Å². The number of alkyl halides is 3. The Hall–Kier alpha value is -3.29. The Balaban J connectivity index is 1.80. The van der Waals surface area contributed by atoms with Crippen molar-refractivity contribution in [3.63, 3.8) is 0 Å². The Labute approximate surface area is 198 Å². The molecule has 0 radical (unpaired) electrons. The average molecular weight is 473 g/mol. The van der Waals surface area contributed by atoms with Crippen LogP contribution in [-0.2, 0) is 6.18 Å². The van der Waals surface area contributed by atoms with Gasteiger partial charge in [0.2, 0.25) is 5.95 Å². The highest BCUT2D eigenvalue weighted by Crippen LogP contribution is 2.36. The fourth-order valence-electron chi connectivity index (χ4n) is 3.35. The van der Waals surface area contributed by atoms with Crippen molar-refractivity contribution in [3.05, 3.63) is 65.9 Å². The van der Waals surface area contributed by atoms with Crippen molar-refractivity contribution in [2.24, 2.45) is 0 Å². The van der Waals surface area contributed by atoms with Crippen LogP contribution in [0.15, 0.2) is 54.7 Å². The third-order valence-electron chi connectivity index (χ3n) is 5.56. The lowest BCUT2D eigenvalue weighted by Crippen LogP contribution is -2.12. The fourth-order valence-corrected chi connectivity index (χ4v) is 3.35. The first-order valence-corrected chi connectivity index (χ1v) is 11.6. The summed E-state index contributed by atoms with van der Waals surface area (Å²) in [6.45, 7) is 6.93. The molecule has 0 saturated carbocycles. The van der Waals surface area contributed by atoms with Crippen LogP contribution in [0.5, 0.6) is 5.75 Å². The van der Waals surface area contributed by atoms with Crippen LogP contribution in [0.1, 0.15) is 63.5 Å². The molecule has 3 aromatic rings. The molecular formula is C26H31F3N4O. The third kappa shape index (κ3) is 7.10. The zero-order chi connectivity index (χ0) is 24.6. The van der Waals surface area contributed by atoms with Gasteiger partial charge in [0.05, 0.1) is 6.61 Å². The van der Waals surface area contributed by atoms with E-state index in [2.05, 4.69) is 41.4 Å². The molecule has 3 rings (SSSR count). The van der Waals surface area contributed by atoms with E-state index < -0.39 is 11.7 Å². The van der Waals surface area contributed by atoms with Crippen molar-refractivity contribution < 1.29 is 17.9 Å². The molecule has 0 saturated heterocycles. The van der Waals surface area contributed by atoms with Crippen molar-refractivity contribution in [3.8, 4) is 5.75 Å². The minimum absolute atomic E-state index is 0.0683. The van der Waals surface area contributed by atoms with Crippen molar-refractivity contribution in [2.45, 2.75) is 58.5 Å². The largest absolute Gasteiger partial charge is 0.494 e. The molecule has 0 spiro atoms. The molecule has 0 aliphatic carbocycles. The van der Waals surface area contributed by atoms with Crippen LogP contribution in [0, 0.1) is 0 Å². The van der Waals surface area contributed by atoms with Gasteiger partial charge in [-0.15, -0.1) is 0 Å². The second-order valence-electron chi connectivity index (χ2n) is 8.22. The van der Waals surface area contributed by atoms with E-state index in [0.717, 1.165) is 31.9 Å². The number of ether oxygens (including phenoxy) is 1. The molecule has 0 fully saturated rings. The number of benzene rings is 2. The molecule has 5 nitrogen and oxygen atoms in total. The van der Waals surface area contributed by atoms with Crippen LogP contribution < -0.4 is 15.4 Å². The van der Waals surface area contributed by atoms with Crippen molar-refractivity contribution >= 4 is 23.1 Å². The molecule has 1 aromatic heterocycles. The molecular weight excluding hydrogens is 441 g/mol. The third-order valence-corrected chi connectivity index (χ3v) is 5.56. The van der Waals surface area contributed by atoms with Crippen LogP contribution in [0.2, 0.25) is 0 Å². The number of nitrogens with zero attached hydrogens (tertiary/aromatic N) is 2. The zero-order valence-electron chi connectivity index (χ0n) is 19.7. The van der Waals surface area contributed by atoms with E-state index in [1.54, 1.807) is 24.3 Å². The molecule has 0 aliphatic rings. The second kappa shape index (κ2) is 11.7. The molecule has 0 bridgehead atoms. The van der Waals surface area contributed by atoms with Gasteiger partial charge in [0.15, 0.2) is 0 Å². The number of anilines is 4. The van der Waals surface area contributed by atoms with Gasteiger partial charge >= 0.3 is 6.18 Å². The SMILES string of the molecule is CCCCCOc1cccc(Nc2nc(Nc3ccc(C(C)CC)cc3)ncc2C(F)(F)F)c1. The van der Waals surface area contributed by atoms with Crippen LogP contribution in [0.25, 0.3) is 0 Å². The lowest BCUT2D eigenvalue weighted by Gasteiger charge is -2.16. The van der Waals surface area contributed by atoms with E-state index in [-0.39, 0.29) is 11.8 Å². The molecule has 2 N–H and O–H groups in total. The standard InChI is InChI=1S/C26H31F3N4O/c1-4-6-7-15-34-22-10-8-9-21(16-22)31-24-23(26(27,28)29)17-30-25(33-24)32-20-13-11-19(12-14-20)18(3)5-2/h8-14,16-18H,4-7,15H2,1-3H3,(H2,30,31,32,33). The number of rotatable bonds is 11. The van der Waals surface area contributed by atoms with Gasteiger partial charge in [-0.3, -0.25) is 0 Å². The number of halogens is 3. The predicted octanol–water partition coefficient (Wildman–Crippen LogP) is 8.07. The van der Waals surface area contributed by atoms with Crippen molar-refractivity contribution in [1.82, 2.24) is 9.97 Å². The molecule has 1 atom stereocenters. The summed E-state index contributed by atoms with van der Waals surface area (Å²) in [5.74, 6) is 0.755. The second-order valence-corrected chi connectivity index (χ2v) is 8.22. The van der Waals surface area contributed by atoms with E-state index in [0.29, 0.717) is 29.6 Å². The van der Waals surface area contributed by atoms with Gasteiger partial charge in [0.1, 0.15) is 17.1 Å². The zero-order valence-corrected chi connectivity index (χ0v) is 19.7. The molecule has 34 heavy (non-hydrogen) atoms. The van der Waals surface area contributed by atoms with Gasteiger partial charge in [0.25, 0.3) is 0 Å². The van der Waals surface area contributed by atoms with Crippen LogP contribution >= 0.6 is 0 Å². The highest BCUT2D eigenvalue weighted by Gasteiger charge is 2.35. The molecule has 182 valence electrons. The number of nitrogens with one attached hydrogen (secondary N) is 2. The molecule has 0 aliphatic heterocycles. The summed E-state index contributed by atoms with van der Waals surface area (Å²) < 4.78 is 46.6. The normalized spacial score (nSPS) is 12.3. The van der Waals surface area contributed by atoms with Crippen LogP contribution in [0.4, 0.5) is 36.3 Å². The summed E-state index contributed by atoms with van der Waals surface area (Å²) >= 11 is 0. The number of unbranched alkanes of at least 4 members (excludes halogenated alkanes) is 2. The molecule has 1 heterocycles. The number of hydrogen-bond donors (Lipinski definition) is 2. The van der Waals surface area contributed by atoms with E-state index >= 15 is 0 Å². The van der Waals surface area contributed by atoms with Crippen molar-refractivity contribution in [2.75, 3.05) is 17.2 Å². The smallest absolute Gasteiger partial charge is 0.421 e. The van der Waals surface area contributed by atoms with E-state index in [1.807, 2.05) is 24.3 Å². The maximum atomic E-state index is 13.6. The molecule has 8 heteroatoms. The predicted molar refractivity (Wildman–Crippen MR) is 130 cm³/mol. The summed E-state index contributed by atoms with van der Waals surface area (Å²) in [4.78, 5) is 8.01. The Morgan fingerprint density at radius 2 is 1.74 bits per heavy atom. The van der Waals surface area contributed by atoms with Gasteiger partial charge in [-0.05, 0) is 48.6 Å². The Bertz CT molecular complexity index is 1050. The molecule has 2 aromatic carbocycles. The summed E-state index contributed by atoms with van der Waals surface area (Å²) in [5, 5.41) is 5.78. The van der Waals surface area contributed by atoms with Gasteiger partial charge in [-0.1, -0.05) is 51.8 Å². The van der Waals surface area contributed by atoms with Gasteiger partial charge < -0.3 is 15.4 Å². The van der Waals surface area contributed by atoms with Gasteiger partial charge in [-0.25, -0.2) is 4.98 Å². The molecule has 0 amide bonds. The monoisotopic (exact) mass is 472 g/mol. The Kier molecular flexibility index (Phi) is 8.73. The summed E-state index contributed by atoms with van der Waals surface area (Å²) in [7, 11) is 0. The summed E-state index contributed by atoms with van der Waals surface area (Å²) in [6.07, 6.45) is 0.269. The number of aromatic nitrogens is 2. The Morgan fingerprint density at radius 3 is 2.41 bits per heavy atom. The highest BCUT2D eigenvalue weighted by atomic mass is 19.4. The fraction of sp³-hybridized carbons (Fsp3) is 0.385. The maximum Gasteiger partial charge on any atom is 0.421 e. The number of hydrogen-bond acceptors (Lipinski definition) is 5. The topological polar surface area (TPSA) is 59.1 Å². The van der Waals surface area contributed by atoms with Gasteiger partial charge in [0, 0.05) is 23.6 Å². The first-order valence-electron chi connectivity index (χ1n) is 11.6. The molecule has 1 unspecified atom stereocenters. The minimum atomic E-state index is -4.60. The van der Waals surface area contributed by atoms with E-state index in [1.165, 1.54) is 5.56 Å². The maximum absolute atomic E-state index is 13.6. The lowest BCUT2D eigenvalue weighted by molar-refractivity contribution is -0.137. The van der Waals surface area contributed by atoms with E-state index in [4.69, 9.17) is 4.74 Å². The Morgan fingerprint density at radius 1 is 0.971 bits per heavy atom. The first kappa shape index (κ1) is 25.3. The van der Waals surface area contributed by atoms with Crippen LogP contribution in [-0.4, -0.2) is 16.6 Å². The first-order chi connectivity index (χ1) is 16.3.